The van der Waals surface area contributed by atoms with Gasteiger partial charge >= 0.3 is 0 Å². The Morgan fingerprint density at radius 1 is 1.00 bits per heavy atom. The minimum absolute atomic E-state index is 0.168. The Bertz CT molecular complexity index is 986. The molecule has 0 aliphatic carbocycles. The molecule has 0 aliphatic rings. The van der Waals surface area contributed by atoms with Gasteiger partial charge < -0.3 is 19.4 Å². The normalized spacial score (nSPS) is 13.4. The molecule has 2 aromatic carbocycles. The molecule has 0 heterocycles. The van der Waals surface area contributed by atoms with Crippen LogP contribution in [-0.2, 0) is 0 Å². The van der Waals surface area contributed by atoms with Gasteiger partial charge in [-0.05, 0) is 68.7 Å². The Hall–Kier alpha value is -2.69. The second-order valence-corrected chi connectivity index (χ2v) is 8.49. The number of phenolic OH excluding ortho intramolecular Hbond substituents is 2. The van der Waals surface area contributed by atoms with Gasteiger partial charge in [-0.15, -0.1) is 0 Å². The summed E-state index contributed by atoms with van der Waals surface area (Å²) in [4.78, 5) is 0. The molecule has 0 aliphatic heterocycles. The summed E-state index contributed by atoms with van der Waals surface area (Å²) in [5.74, 6) is 0.448. The van der Waals surface area contributed by atoms with E-state index in [4.69, 9.17) is 16.3 Å². The minimum Gasteiger partial charge on any atom is -0.504 e. The Kier molecular flexibility index (Phi) is 9.42. The van der Waals surface area contributed by atoms with Crippen LogP contribution in [0.4, 0.5) is 0 Å². The smallest absolute Gasteiger partial charge is 0.158 e. The van der Waals surface area contributed by atoms with Crippen LogP contribution >= 0.6 is 11.6 Å². The van der Waals surface area contributed by atoms with Crippen molar-refractivity contribution >= 4 is 17.2 Å². The summed E-state index contributed by atoms with van der Waals surface area (Å²) in [6, 6.07) is 12.5. The molecule has 0 radical (unpaired) electrons. The number of allylic oxidation sites excluding steroid dienone is 5. The van der Waals surface area contributed by atoms with Crippen molar-refractivity contribution < 1.29 is 19.4 Å². The molecule has 0 atom stereocenters. The van der Waals surface area contributed by atoms with Crippen molar-refractivity contribution in [1.82, 2.24) is 0 Å². The number of hydrogen-bond acceptors (Lipinski definition) is 3. The number of phenols is 2. The van der Waals surface area contributed by atoms with E-state index in [1.165, 1.54) is 12.1 Å². The van der Waals surface area contributed by atoms with Gasteiger partial charge in [0, 0.05) is 5.57 Å². The summed E-state index contributed by atoms with van der Waals surface area (Å²) >= 11 is 6.80. The molecule has 0 aromatic heterocycles. The predicted octanol–water partition coefficient (Wildman–Crippen LogP) is 6.48. The highest BCUT2D eigenvalue weighted by molar-refractivity contribution is 6.36. The fourth-order valence-corrected chi connectivity index (χ4v) is 3.53. The van der Waals surface area contributed by atoms with Crippen molar-refractivity contribution in [3.05, 3.63) is 82.4 Å². The molecule has 0 spiro atoms. The van der Waals surface area contributed by atoms with Crippen molar-refractivity contribution in [3.63, 3.8) is 0 Å². The third-order valence-corrected chi connectivity index (χ3v) is 6.43. The fraction of sp³-hybridized carbons (Fsp3) is 0.333. The number of halogens is 1. The largest absolute Gasteiger partial charge is 0.504 e. The maximum absolute atomic E-state index is 10.0. The van der Waals surface area contributed by atoms with Crippen molar-refractivity contribution in [2.45, 2.75) is 27.7 Å². The maximum atomic E-state index is 10.0. The summed E-state index contributed by atoms with van der Waals surface area (Å²) in [6.45, 7) is 12.0. The summed E-state index contributed by atoms with van der Waals surface area (Å²) in [7, 11) is 2.24. The summed E-state index contributed by atoms with van der Waals surface area (Å²) in [5, 5.41) is 20.3. The topological polar surface area (TPSA) is 49.7 Å². The first-order valence-corrected chi connectivity index (χ1v) is 11.4. The van der Waals surface area contributed by atoms with E-state index in [0.29, 0.717) is 17.2 Å². The van der Waals surface area contributed by atoms with Crippen LogP contribution in [0.5, 0.6) is 17.2 Å². The third-order valence-electron chi connectivity index (χ3n) is 5.94. The number of quaternary nitrogens is 1. The van der Waals surface area contributed by atoms with Crippen LogP contribution in [0.2, 0.25) is 0 Å². The molecule has 4 nitrogen and oxygen atoms in total. The zero-order valence-corrected chi connectivity index (χ0v) is 20.5. The molecule has 0 fully saturated rings. The zero-order valence-electron chi connectivity index (χ0n) is 19.7. The van der Waals surface area contributed by atoms with Gasteiger partial charge in [0.05, 0.1) is 25.2 Å². The number of aromatic hydroxyl groups is 2. The molecule has 0 saturated heterocycles. The molecular weight excluding hydrogens is 422 g/mol. The van der Waals surface area contributed by atoms with Crippen molar-refractivity contribution in [2.75, 3.05) is 33.3 Å². The van der Waals surface area contributed by atoms with Crippen molar-refractivity contribution in [3.8, 4) is 17.2 Å². The predicted molar refractivity (Wildman–Crippen MR) is 134 cm³/mol. The quantitative estimate of drug-likeness (QED) is 0.244. The van der Waals surface area contributed by atoms with E-state index < -0.39 is 0 Å². The van der Waals surface area contributed by atoms with E-state index in [-0.39, 0.29) is 11.5 Å². The molecule has 2 N–H and O–H groups in total. The van der Waals surface area contributed by atoms with Crippen molar-refractivity contribution in [2.24, 2.45) is 0 Å². The molecule has 0 amide bonds. The van der Waals surface area contributed by atoms with Gasteiger partial charge in [0.15, 0.2) is 11.5 Å². The highest BCUT2D eigenvalue weighted by atomic mass is 35.5. The molecular formula is C27H35ClNO3+. The Morgan fingerprint density at radius 3 is 2.19 bits per heavy atom. The first kappa shape index (κ1) is 25.6. The van der Waals surface area contributed by atoms with Crippen LogP contribution in [-0.4, -0.2) is 48.0 Å². The summed E-state index contributed by atoms with van der Waals surface area (Å²) in [5.41, 5.74) is 3.27. The molecule has 2 aromatic rings. The number of ether oxygens (including phenoxy) is 1. The van der Waals surface area contributed by atoms with Crippen LogP contribution < -0.4 is 4.74 Å². The van der Waals surface area contributed by atoms with E-state index in [2.05, 4.69) is 20.9 Å². The lowest BCUT2D eigenvalue weighted by atomic mass is 9.95. The lowest BCUT2D eigenvalue weighted by Crippen LogP contribution is -2.46. The number of rotatable bonds is 10. The van der Waals surface area contributed by atoms with Gasteiger partial charge in [-0.2, -0.15) is 0 Å². The van der Waals surface area contributed by atoms with Gasteiger partial charge in [0.2, 0.25) is 0 Å². The van der Waals surface area contributed by atoms with Crippen LogP contribution in [0, 0.1) is 0 Å². The van der Waals surface area contributed by atoms with Gasteiger partial charge in [0.25, 0.3) is 0 Å². The molecule has 0 saturated carbocycles. The molecule has 5 heteroatoms. The molecule has 172 valence electrons. The average Bonchev–Trinajstić information content (AvgIpc) is 2.80. The number of benzene rings is 2. The van der Waals surface area contributed by atoms with E-state index in [1.807, 2.05) is 56.3 Å². The van der Waals surface area contributed by atoms with Gasteiger partial charge in [-0.1, -0.05) is 48.0 Å². The molecule has 2 rings (SSSR count). The fourth-order valence-electron chi connectivity index (χ4n) is 3.25. The SMILES string of the molecule is C\C=C/C=C(C)/C(Cl)=C(\c1ccc(OCC[N+](C)(CC)CC)cc1)c1ccc(O)c(O)c1. The highest BCUT2D eigenvalue weighted by Crippen LogP contribution is 2.37. The van der Waals surface area contributed by atoms with E-state index in [1.54, 1.807) is 6.07 Å². The number of nitrogens with zero attached hydrogens (tertiary/aromatic N) is 1. The van der Waals surface area contributed by atoms with Gasteiger partial charge in [0.1, 0.15) is 18.9 Å². The van der Waals surface area contributed by atoms with Crippen LogP contribution in [0.1, 0.15) is 38.8 Å². The Labute approximate surface area is 197 Å². The second kappa shape index (κ2) is 11.8. The maximum Gasteiger partial charge on any atom is 0.158 e. The molecule has 0 unspecified atom stereocenters. The lowest BCUT2D eigenvalue weighted by molar-refractivity contribution is -0.906. The Balaban J connectivity index is 2.37. The van der Waals surface area contributed by atoms with E-state index >= 15 is 0 Å². The Morgan fingerprint density at radius 2 is 1.62 bits per heavy atom. The first-order chi connectivity index (χ1) is 15.2. The van der Waals surface area contributed by atoms with Crippen LogP contribution in [0.15, 0.2) is 71.3 Å². The monoisotopic (exact) mass is 456 g/mol. The van der Waals surface area contributed by atoms with E-state index in [0.717, 1.165) is 46.6 Å². The minimum atomic E-state index is -0.187. The van der Waals surface area contributed by atoms with Gasteiger partial charge in [-0.25, -0.2) is 0 Å². The second-order valence-electron chi connectivity index (χ2n) is 8.12. The highest BCUT2D eigenvalue weighted by Gasteiger charge is 2.17. The average molecular weight is 457 g/mol. The van der Waals surface area contributed by atoms with E-state index in [9.17, 15) is 10.2 Å². The summed E-state index contributed by atoms with van der Waals surface area (Å²) < 4.78 is 6.96. The number of hydrogen-bond donors (Lipinski definition) is 2. The molecule has 0 bridgehead atoms. The standard InChI is InChI=1S/C27H34ClNO3/c1-6-9-10-20(4)27(28)26(22-13-16-24(30)25(31)19-22)21-11-14-23(15-12-21)32-18-17-29(5,7-2)8-3/h6,9-16,19H,7-8,17-18H2,1-5H3,(H-,30,31)/p+1/b9-6-,20-10+,27-26-. The number of likely N-dealkylation sites (N-methyl/N-ethyl adjacent to an activating group) is 1. The zero-order chi connectivity index (χ0) is 23.7. The lowest BCUT2D eigenvalue weighted by Gasteiger charge is -2.31. The molecule has 32 heavy (non-hydrogen) atoms. The first-order valence-electron chi connectivity index (χ1n) is 11.0. The van der Waals surface area contributed by atoms with Crippen LogP contribution in [0.25, 0.3) is 5.57 Å². The van der Waals surface area contributed by atoms with Crippen LogP contribution in [0.3, 0.4) is 0 Å². The van der Waals surface area contributed by atoms with Crippen molar-refractivity contribution in [1.29, 1.82) is 0 Å². The third kappa shape index (κ3) is 6.65. The van der Waals surface area contributed by atoms with Gasteiger partial charge in [-0.3, -0.25) is 0 Å². The summed E-state index contributed by atoms with van der Waals surface area (Å²) in [6.07, 6.45) is 5.81.